The molecule has 0 aliphatic heterocycles. The minimum absolute atomic E-state index is 0.202. The number of benzene rings is 1. The highest BCUT2D eigenvalue weighted by atomic mass is 16.1. The topological polar surface area (TPSA) is 17.1 Å². The molecule has 0 saturated heterocycles. The molecule has 2 saturated carbocycles. The van der Waals surface area contributed by atoms with Crippen LogP contribution in [-0.4, -0.2) is 6.29 Å². The molecule has 0 radical (unpaired) electrons. The summed E-state index contributed by atoms with van der Waals surface area (Å²) in [6.07, 6.45) is 14.6. The minimum Gasteiger partial charge on any atom is -0.303 e. The number of allylic oxidation sites excluding steroid dienone is 2. The average molecular weight is 437 g/mol. The van der Waals surface area contributed by atoms with Crippen molar-refractivity contribution in [2.75, 3.05) is 0 Å². The van der Waals surface area contributed by atoms with Gasteiger partial charge in [0.15, 0.2) is 0 Å². The zero-order valence-corrected chi connectivity index (χ0v) is 21.9. The molecule has 1 heteroatoms. The number of hydrogen-bond acceptors (Lipinski definition) is 1. The van der Waals surface area contributed by atoms with Crippen molar-refractivity contribution >= 4 is 6.29 Å². The van der Waals surface area contributed by atoms with E-state index in [0.717, 1.165) is 11.8 Å². The highest BCUT2D eigenvalue weighted by Gasteiger charge is 2.55. The summed E-state index contributed by atoms with van der Waals surface area (Å²) < 4.78 is 0. The number of carbonyl (C=O) groups is 1. The van der Waals surface area contributed by atoms with E-state index in [0.29, 0.717) is 29.6 Å². The van der Waals surface area contributed by atoms with Crippen LogP contribution in [0.3, 0.4) is 0 Å². The van der Waals surface area contributed by atoms with Gasteiger partial charge in [0.2, 0.25) is 0 Å². The van der Waals surface area contributed by atoms with E-state index in [2.05, 4.69) is 91.0 Å². The van der Waals surface area contributed by atoms with Crippen molar-refractivity contribution in [3.8, 4) is 0 Å². The van der Waals surface area contributed by atoms with Crippen molar-refractivity contribution in [2.24, 2.45) is 45.8 Å². The van der Waals surface area contributed by atoms with Crippen molar-refractivity contribution in [3.05, 3.63) is 48.0 Å². The van der Waals surface area contributed by atoms with Gasteiger partial charge in [-0.1, -0.05) is 91.0 Å². The maximum absolute atomic E-state index is 11.6. The largest absolute Gasteiger partial charge is 0.303 e. The summed E-state index contributed by atoms with van der Waals surface area (Å²) in [6, 6.07) is 11.1. The van der Waals surface area contributed by atoms with E-state index in [4.69, 9.17) is 0 Å². The molecule has 0 aromatic heterocycles. The summed E-state index contributed by atoms with van der Waals surface area (Å²) in [7, 11) is 0. The first kappa shape index (κ1) is 25.3. The molecule has 1 aromatic carbocycles. The second kappa shape index (κ2) is 9.86. The Balaban J connectivity index is 1.91. The zero-order valence-electron chi connectivity index (χ0n) is 21.9. The summed E-state index contributed by atoms with van der Waals surface area (Å²) in [4.78, 5) is 11.6. The third-order valence-electron chi connectivity index (χ3n) is 9.26. The van der Waals surface area contributed by atoms with Crippen LogP contribution >= 0.6 is 0 Å². The van der Waals surface area contributed by atoms with Crippen molar-refractivity contribution in [3.63, 3.8) is 0 Å². The lowest BCUT2D eigenvalue weighted by Crippen LogP contribution is -2.46. The van der Waals surface area contributed by atoms with E-state index in [9.17, 15) is 4.79 Å². The second-order valence-electron chi connectivity index (χ2n) is 12.9. The molecule has 0 heterocycles. The van der Waals surface area contributed by atoms with E-state index in [1.165, 1.54) is 50.4 Å². The lowest BCUT2D eigenvalue weighted by atomic mass is 9.51. The highest BCUT2D eigenvalue weighted by Crippen LogP contribution is 2.63. The lowest BCUT2D eigenvalue weighted by Gasteiger charge is -2.54. The smallest absolute Gasteiger partial charge is 0.120 e. The van der Waals surface area contributed by atoms with Crippen molar-refractivity contribution in [1.29, 1.82) is 0 Å². The van der Waals surface area contributed by atoms with E-state index in [1.807, 2.05) is 0 Å². The van der Waals surface area contributed by atoms with Crippen LogP contribution in [0.15, 0.2) is 42.5 Å². The van der Waals surface area contributed by atoms with Crippen molar-refractivity contribution in [2.45, 2.75) is 93.4 Å². The lowest BCUT2D eigenvalue weighted by molar-refractivity contribution is -0.110. The van der Waals surface area contributed by atoms with Gasteiger partial charge in [0.05, 0.1) is 0 Å². The average Bonchev–Trinajstić information content (AvgIpc) is 3.07. The summed E-state index contributed by atoms with van der Waals surface area (Å²) in [6.45, 7) is 16.7. The Morgan fingerprint density at radius 3 is 2.41 bits per heavy atom. The van der Waals surface area contributed by atoms with E-state index >= 15 is 0 Å². The first-order valence-electron chi connectivity index (χ1n) is 13.2. The number of hydrogen-bond donors (Lipinski definition) is 0. The number of aldehydes is 1. The number of fused-ring (bicyclic) bond motifs is 1. The molecule has 32 heavy (non-hydrogen) atoms. The molecule has 0 amide bonds. The van der Waals surface area contributed by atoms with E-state index < -0.39 is 0 Å². The van der Waals surface area contributed by atoms with Gasteiger partial charge in [0, 0.05) is 6.42 Å². The Kier molecular flexibility index (Phi) is 7.78. The van der Waals surface area contributed by atoms with Crippen LogP contribution in [0.1, 0.15) is 92.6 Å². The molecule has 0 spiro atoms. The molecule has 0 N–H and O–H groups in total. The predicted molar refractivity (Wildman–Crippen MR) is 138 cm³/mol. The molecule has 2 aliphatic rings. The van der Waals surface area contributed by atoms with Gasteiger partial charge in [0.25, 0.3) is 0 Å². The van der Waals surface area contributed by atoms with Crippen molar-refractivity contribution in [1.82, 2.24) is 0 Å². The van der Waals surface area contributed by atoms with Gasteiger partial charge in [0.1, 0.15) is 6.29 Å². The first-order valence-corrected chi connectivity index (χ1v) is 13.2. The fraction of sp³-hybridized carbons (Fsp3) is 0.710. The van der Waals surface area contributed by atoms with E-state index in [-0.39, 0.29) is 10.8 Å². The number of rotatable bonds is 8. The maximum atomic E-state index is 11.6. The van der Waals surface area contributed by atoms with Gasteiger partial charge in [-0.2, -0.15) is 0 Å². The Morgan fingerprint density at radius 2 is 1.81 bits per heavy atom. The molecule has 3 rings (SSSR count). The van der Waals surface area contributed by atoms with Gasteiger partial charge >= 0.3 is 0 Å². The number of carbonyl (C=O) groups excluding carboxylic acids is 1. The molecule has 7 unspecified atom stereocenters. The normalized spacial score (nSPS) is 33.6. The summed E-state index contributed by atoms with van der Waals surface area (Å²) in [5.41, 5.74) is 2.33. The second-order valence-corrected chi connectivity index (χ2v) is 12.9. The Morgan fingerprint density at radius 1 is 1.12 bits per heavy atom. The Bertz CT molecular complexity index is 771. The summed E-state index contributed by atoms with van der Waals surface area (Å²) in [5.74, 6) is 3.27. The zero-order chi connectivity index (χ0) is 23.6. The van der Waals surface area contributed by atoms with Gasteiger partial charge in [-0.15, -0.1) is 0 Å². The molecule has 7 atom stereocenters. The van der Waals surface area contributed by atoms with Gasteiger partial charge < -0.3 is 4.79 Å². The van der Waals surface area contributed by atoms with Crippen LogP contribution in [0.4, 0.5) is 0 Å². The molecule has 178 valence electrons. The SMILES string of the molecule is CCC(C)(/C=C\C(C)(C)C)C1CCC2(C)CC(Cc3ccccc3)CC2C1C(C)CC=O. The van der Waals surface area contributed by atoms with Crippen LogP contribution in [0.2, 0.25) is 0 Å². The quantitative estimate of drug-likeness (QED) is 0.295. The predicted octanol–water partition coefficient (Wildman–Crippen LogP) is 8.53. The molecule has 1 aromatic rings. The monoisotopic (exact) mass is 436 g/mol. The summed E-state index contributed by atoms with van der Waals surface area (Å²) in [5, 5.41) is 0. The molecule has 2 aliphatic carbocycles. The standard InChI is InChI=1S/C31H48O/c1-8-30(6,18-17-29(3,4)5)26-14-16-31(7)22-25(20-24-12-10-9-11-13-24)21-27(31)28(26)23(2)15-19-32/h9-13,17-19,23,25-28H,8,14-16,20-22H2,1-7H3/b18-17-. The Labute approximate surface area is 198 Å². The van der Waals surface area contributed by atoms with Crippen molar-refractivity contribution < 1.29 is 4.79 Å². The first-order chi connectivity index (χ1) is 15.0. The van der Waals surface area contributed by atoms with E-state index in [1.54, 1.807) is 0 Å². The van der Waals surface area contributed by atoms with Gasteiger partial charge in [-0.25, -0.2) is 0 Å². The Hall–Kier alpha value is -1.37. The molecule has 1 nitrogen and oxygen atoms in total. The minimum atomic E-state index is 0.202. The fourth-order valence-electron chi connectivity index (χ4n) is 7.32. The molecular formula is C31H48O. The van der Waals surface area contributed by atoms with Gasteiger partial charge in [-0.05, 0) is 89.9 Å². The summed E-state index contributed by atoms with van der Waals surface area (Å²) >= 11 is 0. The van der Waals surface area contributed by atoms with Crippen LogP contribution < -0.4 is 0 Å². The third-order valence-corrected chi connectivity index (χ3v) is 9.26. The van der Waals surface area contributed by atoms with Crippen LogP contribution in [-0.2, 0) is 11.2 Å². The highest BCUT2D eigenvalue weighted by molar-refractivity contribution is 5.49. The van der Waals surface area contributed by atoms with Crippen LogP contribution in [0, 0.1) is 45.8 Å². The maximum Gasteiger partial charge on any atom is 0.120 e. The molecular weight excluding hydrogens is 388 g/mol. The van der Waals surface area contributed by atoms with Crippen LogP contribution in [0.5, 0.6) is 0 Å². The third kappa shape index (κ3) is 5.57. The molecule has 0 bridgehead atoms. The molecule has 2 fully saturated rings. The van der Waals surface area contributed by atoms with Gasteiger partial charge in [-0.3, -0.25) is 0 Å². The van der Waals surface area contributed by atoms with Crippen LogP contribution in [0.25, 0.3) is 0 Å². The fourth-order valence-corrected chi connectivity index (χ4v) is 7.32.